The Kier molecular flexibility index (Phi) is 3.30. The van der Waals surface area contributed by atoms with Crippen LogP contribution in [0.2, 0.25) is 0 Å². The number of alkyl halides is 3. The van der Waals surface area contributed by atoms with Crippen molar-refractivity contribution in [2.75, 3.05) is 5.73 Å². The van der Waals surface area contributed by atoms with Gasteiger partial charge in [-0.25, -0.2) is 4.39 Å². The molecule has 1 aromatic carbocycles. The predicted octanol–water partition coefficient (Wildman–Crippen LogP) is 2.88. The third kappa shape index (κ3) is 2.51. The van der Waals surface area contributed by atoms with Crippen LogP contribution in [0.1, 0.15) is 24.4 Å². The van der Waals surface area contributed by atoms with Crippen LogP contribution in [-0.2, 0) is 0 Å². The highest BCUT2D eigenvalue weighted by Gasteiger charge is 2.49. The normalized spacial score (nSPS) is 21.7. The van der Waals surface area contributed by atoms with E-state index in [0.717, 1.165) is 4.80 Å². The Labute approximate surface area is 123 Å². The van der Waals surface area contributed by atoms with Crippen molar-refractivity contribution in [1.82, 2.24) is 20.2 Å². The van der Waals surface area contributed by atoms with Gasteiger partial charge in [0, 0.05) is 5.69 Å². The standard InChI is InChI=1S/C13H13F4N5/c1-6-2-10(14)9(5-11(6)18)12-19-21-22(20-12)8-3-7(4-8)13(15,16)17/h2,5,7-8H,3-4,18H2,1H3. The Morgan fingerprint density at radius 2 is 1.95 bits per heavy atom. The number of aromatic nitrogens is 4. The summed E-state index contributed by atoms with van der Waals surface area (Å²) in [6.45, 7) is 1.66. The van der Waals surface area contributed by atoms with E-state index in [1.54, 1.807) is 6.92 Å². The van der Waals surface area contributed by atoms with Gasteiger partial charge in [-0.05, 0) is 42.7 Å². The van der Waals surface area contributed by atoms with Gasteiger partial charge in [0.1, 0.15) is 5.82 Å². The number of nitrogens with zero attached hydrogens (tertiary/aromatic N) is 4. The lowest BCUT2D eigenvalue weighted by Gasteiger charge is -2.35. The number of halogens is 4. The van der Waals surface area contributed by atoms with Gasteiger partial charge in [-0.1, -0.05) is 0 Å². The first-order valence-corrected chi connectivity index (χ1v) is 6.68. The smallest absolute Gasteiger partial charge is 0.391 e. The van der Waals surface area contributed by atoms with Crippen LogP contribution < -0.4 is 5.73 Å². The van der Waals surface area contributed by atoms with Crippen LogP contribution in [0.25, 0.3) is 11.4 Å². The summed E-state index contributed by atoms with van der Waals surface area (Å²) in [6, 6.07) is 2.19. The first kappa shape index (κ1) is 14.7. The molecule has 2 N–H and O–H groups in total. The van der Waals surface area contributed by atoms with Crippen molar-refractivity contribution >= 4 is 5.69 Å². The minimum absolute atomic E-state index is 0.0136. The SMILES string of the molecule is Cc1cc(F)c(-c2nnn(C3CC(C(F)(F)F)C3)n2)cc1N. The summed E-state index contributed by atoms with van der Waals surface area (Å²) in [7, 11) is 0. The molecule has 2 aromatic rings. The quantitative estimate of drug-likeness (QED) is 0.683. The van der Waals surface area contributed by atoms with Gasteiger partial charge in [-0.2, -0.15) is 18.0 Å². The number of nitrogens with two attached hydrogens (primary N) is 1. The number of benzene rings is 1. The second-order valence-electron chi connectivity index (χ2n) is 5.49. The average molecular weight is 315 g/mol. The van der Waals surface area contributed by atoms with E-state index in [4.69, 9.17) is 5.73 Å². The van der Waals surface area contributed by atoms with E-state index in [1.807, 2.05) is 0 Å². The minimum atomic E-state index is -4.20. The molecule has 1 aliphatic carbocycles. The Morgan fingerprint density at radius 1 is 1.27 bits per heavy atom. The lowest BCUT2D eigenvalue weighted by atomic mass is 9.80. The molecule has 0 atom stereocenters. The van der Waals surface area contributed by atoms with Gasteiger partial charge >= 0.3 is 6.18 Å². The Morgan fingerprint density at radius 3 is 2.59 bits per heavy atom. The van der Waals surface area contributed by atoms with E-state index in [9.17, 15) is 17.6 Å². The third-order valence-electron chi connectivity index (χ3n) is 3.93. The van der Waals surface area contributed by atoms with Crippen molar-refractivity contribution in [3.8, 4) is 11.4 Å². The number of nitrogen functional groups attached to an aromatic ring is 1. The van der Waals surface area contributed by atoms with Crippen molar-refractivity contribution in [2.45, 2.75) is 32.0 Å². The van der Waals surface area contributed by atoms with E-state index in [1.165, 1.54) is 12.1 Å². The third-order valence-corrected chi connectivity index (χ3v) is 3.93. The summed E-state index contributed by atoms with van der Waals surface area (Å²) < 4.78 is 51.3. The first-order chi connectivity index (χ1) is 10.3. The molecular formula is C13H13F4N5. The molecule has 1 saturated carbocycles. The fourth-order valence-corrected chi connectivity index (χ4v) is 2.39. The summed E-state index contributed by atoms with van der Waals surface area (Å²) >= 11 is 0. The number of anilines is 1. The summed E-state index contributed by atoms with van der Waals surface area (Å²) in [6.07, 6.45) is -4.37. The van der Waals surface area contributed by atoms with Crippen LogP contribution in [0, 0.1) is 18.7 Å². The molecule has 22 heavy (non-hydrogen) atoms. The molecule has 0 saturated heterocycles. The largest absolute Gasteiger partial charge is 0.398 e. The van der Waals surface area contributed by atoms with Crippen LogP contribution in [0.3, 0.4) is 0 Å². The highest BCUT2D eigenvalue weighted by Crippen LogP contribution is 2.46. The molecule has 118 valence electrons. The lowest BCUT2D eigenvalue weighted by Crippen LogP contribution is -2.37. The number of hydrogen-bond donors (Lipinski definition) is 1. The molecule has 0 spiro atoms. The van der Waals surface area contributed by atoms with Gasteiger partial charge in [-0.3, -0.25) is 0 Å². The number of hydrogen-bond acceptors (Lipinski definition) is 4. The highest BCUT2D eigenvalue weighted by molar-refractivity contribution is 5.63. The maximum atomic E-state index is 13.9. The van der Waals surface area contributed by atoms with Crippen LogP contribution in [0.15, 0.2) is 12.1 Å². The molecule has 0 unspecified atom stereocenters. The van der Waals surface area contributed by atoms with Crippen molar-refractivity contribution in [3.63, 3.8) is 0 Å². The Hall–Kier alpha value is -2.19. The van der Waals surface area contributed by atoms with Crippen molar-refractivity contribution < 1.29 is 17.6 Å². The summed E-state index contributed by atoms with van der Waals surface area (Å²) in [5.74, 6) is -1.87. The second-order valence-corrected chi connectivity index (χ2v) is 5.49. The Bertz CT molecular complexity index is 703. The number of rotatable bonds is 2. The monoisotopic (exact) mass is 315 g/mol. The molecule has 1 fully saturated rings. The topological polar surface area (TPSA) is 69.6 Å². The van der Waals surface area contributed by atoms with Gasteiger partial charge in [0.2, 0.25) is 5.82 Å². The van der Waals surface area contributed by atoms with Gasteiger partial charge in [0.15, 0.2) is 0 Å². The van der Waals surface area contributed by atoms with E-state index in [0.29, 0.717) is 11.3 Å². The van der Waals surface area contributed by atoms with Crippen molar-refractivity contribution in [2.24, 2.45) is 5.92 Å². The van der Waals surface area contributed by atoms with Crippen LogP contribution in [0.4, 0.5) is 23.2 Å². The van der Waals surface area contributed by atoms with Crippen molar-refractivity contribution in [1.29, 1.82) is 0 Å². The van der Waals surface area contributed by atoms with E-state index in [-0.39, 0.29) is 24.2 Å². The van der Waals surface area contributed by atoms with Gasteiger partial charge in [-0.15, -0.1) is 10.2 Å². The maximum Gasteiger partial charge on any atom is 0.391 e. The zero-order valence-corrected chi connectivity index (χ0v) is 11.6. The van der Waals surface area contributed by atoms with Gasteiger partial charge < -0.3 is 5.73 Å². The maximum absolute atomic E-state index is 13.9. The van der Waals surface area contributed by atoms with Crippen LogP contribution >= 0.6 is 0 Å². The molecular weight excluding hydrogens is 302 g/mol. The molecule has 5 nitrogen and oxygen atoms in total. The van der Waals surface area contributed by atoms with E-state index >= 15 is 0 Å². The average Bonchev–Trinajstić information content (AvgIpc) is 2.79. The Balaban J connectivity index is 1.80. The highest BCUT2D eigenvalue weighted by atomic mass is 19.4. The minimum Gasteiger partial charge on any atom is -0.398 e. The lowest BCUT2D eigenvalue weighted by molar-refractivity contribution is -0.203. The molecule has 1 aliphatic rings. The van der Waals surface area contributed by atoms with E-state index in [2.05, 4.69) is 15.4 Å². The number of tetrazole rings is 1. The fourth-order valence-electron chi connectivity index (χ4n) is 2.39. The van der Waals surface area contributed by atoms with Crippen molar-refractivity contribution in [3.05, 3.63) is 23.5 Å². The summed E-state index contributed by atoms with van der Waals surface area (Å²) in [4.78, 5) is 1.12. The fraction of sp³-hybridized carbons (Fsp3) is 0.462. The molecule has 0 radical (unpaired) electrons. The second kappa shape index (κ2) is 4.92. The van der Waals surface area contributed by atoms with E-state index < -0.39 is 24.0 Å². The van der Waals surface area contributed by atoms with Crippen LogP contribution in [0.5, 0.6) is 0 Å². The molecule has 0 amide bonds. The predicted molar refractivity (Wildman–Crippen MR) is 70.2 cm³/mol. The zero-order chi connectivity index (χ0) is 16.1. The molecule has 0 aliphatic heterocycles. The number of aryl methyl sites for hydroxylation is 1. The summed E-state index contributed by atoms with van der Waals surface area (Å²) in [5, 5.41) is 11.4. The first-order valence-electron chi connectivity index (χ1n) is 6.68. The van der Waals surface area contributed by atoms with Crippen LogP contribution in [-0.4, -0.2) is 26.4 Å². The van der Waals surface area contributed by atoms with Gasteiger partial charge in [0.25, 0.3) is 0 Å². The molecule has 3 rings (SSSR count). The molecule has 9 heteroatoms. The molecule has 1 aromatic heterocycles. The molecule has 0 bridgehead atoms. The summed E-state index contributed by atoms with van der Waals surface area (Å²) in [5.41, 5.74) is 6.77. The zero-order valence-electron chi connectivity index (χ0n) is 11.6. The molecule has 1 heterocycles. The van der Waals surface area contributed by atoms with Gasteiger partial charge in [0.05, 0.1) is 17.5 Å².